The molecule has 3 nitrogen and oxygen atoms in total. The SMILES string of the molecule is Ic1cccc(-c2nc(I)no2)c1. The zero-order valence-corrected chi connectivity index (χ0v) is 10.7. The van der Waals surface area contributed by atoms with Gasteiger partial charge in [-0.25, -0.2) is 0 Å². The molecule has 0 aliphatic heterocycles. The van der Waals surface area contributed by atoms with Crippen molar-refractivity contribution in [1.29, 1.82) is 0 Å². The Labute approximate surface area is 102 Å². The van der Waals surface area contributed by atoms with Gasteiger partial charge < -0.3 is 4.52 Å². The van der Waals surface area contributed by atoms with Crippen molar-refractivity contribution in [3.8, 4) is 11.5 Å². The highest BCUT2D eigenvalue weighted by molar-refractivity contribution is 14.1. The molecule has 0 saturated heterocycles. The molecular formula is C8H4I2N2O. The molecule has 0 fully saturated rings. The normalized spacial score (nSPS) is 10.3. The molecule has 2 rings (SSSR count). The molecule has 0 bridgehead atoms. The van der Waals surface area contributed by atoms with E-state index >= 15 is 0 Å². The molecule has 0 aliphatic carbocycles. The molecule has 0 N–H and O–H groups in total. The average Bonchev–Trinajstić information content (AvgIpc) is 2.52. The maximum atomic E-state index is 5.03. The highest BCUT2D eigenvalue weighted by atomic mass is 127. The van der Waals surface area contributed by atoms with Crippen LogP contribution in [0.25, 0.3) is 11.5 Å². The summed E-state index contributed by atoms with van der Waals surface area (Å²) < 4.78 is 6.82. The number of halogens is 2. The lowest BCUT2D eigenvalue weighted by molar-refractivity contribution is 0.426. The first-order valence-corrected chi connectivity index (χ1v) is 5.66. The van der Waals surface area contributed by atoms with Crippen molar-refractivity contribution in [2.24, 2.45) is 0 Å². The number of nitrogens with zero attached hydrogens (tertiary/aromatic N) is 2. The Kier molecular flexibility index (Phi) is 2.82. The highest BCUT2D eigenvalue weighted by Crippen LogP contribution is 2.19. The average molecular weight is 398 g/mol. The molecule has 66 valence electrons. The summed E-state index contributed by atoms with van der Waals surface area (Å²) >= 11 is 4.27. The first kappa shape index (κ1) is 9.38. The minimum atomic E-state index is 0.572. The van der Waals surface area contributed by atoms with Gasteiger partial charge in [-0.05, 0) is 40.8 Å². The van der Waals surface area contributed by atoms with Gasteiger partial charge in [-0.2, -0.15) is 4.98 Å². The van der Waals surface area contributed by atoms with Gasteiger partial charge in [0.1, 0.15) is 0 Å². The van der Waals surface area contributed by atoms with Gasteiger partial charge in [0, 0.05) is 31.7 Å². The topological polar surface area (TPSA) is 38.9 Å². The van der Waals surface area contributed by atoms with Crippen LogP contribution in [-0.2, 0) is 0 Å². The molecule has 0 unspecified atom stereocenters. The van der Waals surface area contributed by atoms with Crippen LogP contribution in [-0.4, -0.2) is 10.1 Å². The van der Waals surface area contributed by atoms with Gasteiger partial charge in [-0.15, -0.1) is 0 Å². The maximum Gasteiger partial charge on any atom is 0.258 e. The lowest BCUT2D eigenvalue weighted by atomic mass is 10.2. The summed E-state index contributed by atoms with van der Waals surface area (Å²) in [5.41, 5.74) is 0.960. The van der Waals surface area contributed by atoms with Gasteiger partial charge in [0.15, 0.2) is 0 Å². The van der Waals surface area contributed by atoms with E-state index in [0.29, 0.717) is 9.72 Å². The van der Waals surface area contributed by atoms with Crippen molar-refractivity contribution >= 4 is 45.2 Å². The van der Waals surface area contributed by atoms with Gasteiger partial charge >= 0.3 is 0 Å². The number of hydrogen-bond donors (Lipinski definition) is 0. The van der Waals surface area contributed by atoms with Crippen LogP contribution in [0.4, 0.5) is 0 Å². The first-order valence-electron chi connectivity index (χ1n) is 3.51. The zero-order chi connectivity index (χ0) is 9.26. The lowest BCUT2D eigenvalue weighted by Gasteiger charge is -1.93. The maximum absolute atomic E-state index is 5.03. The molecule has 5 heteroatoms. The predicted molar refractivity (Wildman–Crippen MR) is 65.2 cm³/mol. The third kappa shape index (κ3) is 2.19. The monoisotopic (exact) mass is 398 g/mol. The molecular weight excluding hydrogens is 394 g/mol. The summed E-state index contributed by atoms with van der Waals surface area (Å²) in [5, 5.41) is 3.72. The Morgan fingerprint density at radius 2 is 2.08 bits per heavy atom. The largest absolute Gasteiger partial charge is 0.333 e. The summed E-state index contributed by atoms with van der Waals surface area (Å²) in [6, 6.07) is 7.94. The van der Waals surface area contributed by atoms with Gasteiger partial charge in [-0.1, -0.05) is 11.2 Å². The molecule has 1 aromatic carbocycles. The van der Waals surface area contributed by atoms with Crippen molar-refractivity contribution in [2.75, 3.05) is 0 Å². The molecule has 0 amide bonds. The van der Waals surface area contributed by atoms with E-state index in [4.69, 9.17) is 4.52 Å². The van der Waals surface area contributed by atoms with Crippen LogP contribution in [0.1, 0.15) is 0 Å². The van der Waals surface area contributed by atoms with Crippen LogP contribution >= 0.6 is 45.2 Å². The Hall–Kier alpha value is -0.180. The van der Waals surface area contributed by atoms with Crippen molar-refractivity contribution in [3.05, 3.63) is 31.7 Å². The molecule has 1 heterocycles. The molecule has 0 atom stereocenters. The van der Waals surface area contributed by atoms with Crippen LogP contribution in [0, 0.1) is 7.40 Å². The van der Waals surface area contributed by atoms with E-state index in [-0.39, 0.29) is 0 Å². The van der Waals surface area contributed by atoms with E-state index in [0.717, 1.165) is 9.13 Å². The second-order valence-corrected chi connectivity index (χ2v) is 4.59. The molecule has 0 radical (unpaired) electrons. The van der Waals surface area contributed by atoms with E-state index in [1.165, 1.54) is 0 Å². The summed E-state index contributed by atoms with van der Waals surface area (Å²) in [6.45, 7) is 0. The fraction of sp³-hybridized carbons (Fsp3) is 0. The number of aromatic nitrogens is 2. The lowest BCUT2D eigenvalue weighted by Crippen LogP contribution is -1.78. The van der Waals surface area contributed by atoms with Crippen LogP contribution < -0.4 is 0 Å². The van der Waals surface area contributed by atoms with Gasteiger partial charge in [0.05, 0.1) is 0 Å². The molecule has 0 saturated carbocycles. The molecule has 1 aromatic heterocycles. The molecule has 0 spiro atoms. The van der Waals surface area contributed by atoms with Crippen molar-refractivity contribution in [2.45, 2.75) is 0 Å². The van der Waals surface area contributed by atoms with E-state index in [9.17, 15) is 0 Å². The Balaban J connectivity index is 2.46. The fourth-order valence-electron chi connectivity index (χ4n) is 0.944. The predicted octanol–water partition coefficient (Wildman–Crippen LogP) is 2.95. The number of rotatable bonds is 1. The van der Waals surface area contributed by atoms with Gasteiger partial charge in [0.2, 0.25) is 3.83 Å². The smallest absolute Gasteiger partial charge is 0.258 e. The van der Waals surface area contributed by atoms with Crippen LogP contribution in [0.5, 0.6) is 0 Å². The Morgan fingerprint density at radius 3 is 2.69 bits per heavy atom. The van der Waals surface area contributed by atoms with E-state index in [1.54, 1.807) is 0 Å². The van der Waals surface area contributed by atoms with Crippen LogP contribution in [0.3, 0.4) is 0 Å². The third-order valence-electron chi connectivity index (χ3n) is 1.47. The highest BCUT2D eigenvalue weighted by Gasteiger charge is 2.05. The Bertz CT molecular complexity index is 428. The van der Waals surface area contributed by atoms with E-state index in [1.807, 2.05) is 46.9 Å². The summed E-state index contributed by atoms with van der Waals surface area (Å²) in [7, 11) is 0. The minimum absolute atomic E-state index is 0.572. The summed E-state index contributed by atoms with van der Waals surface area (Å²) in [6.07, 6.45) is 0. The zero-order valence-electron chi connectivity index (χ0n) is 6.37. The van der Waals surface area contributed by atoms with Crippen molar-refractivity contribution in [3.63, 3.8) is 0 Å². The quantitative estimate of drug-likeness (QED) is 0.694. The van der Waals surface area contributed by atoms with Gasteiger partial charge in [-0.3, -0.25) is 0 Å². The van der Waals surface area contributed by atoms with Crippen molar-refractivity contribution < 1.29 is 4.52 Å². The number of benzene rings is 1. The number of hydrogen-bond acceptors (Lipinski definition) is 3. The fourth-order valence-corrected chi connectivity index (χ4v) is 1.80. The van der Waals surface area contributed by atoms with Gasteiger partial charge in [0.25, 0.3) is 5.89 Å². The van der Waals surface area contributed by atoms with E-state index < -0.39 is 0 Å². The van der Waals surface area contributed by atoms with Crippen LogP contribution in [0.2, 0.25) is 0 Å². The minimum Gasteiger partial charge on any atom is -0.333 e. The van der Waals surface area contributed by atoms with Crippen LogP contribution in [0.15, 0.2) is 28.8 Å². The van der Waals surface area contributed by atoms with E-state index in [2.05, 4.69) is 32.7 Å². The second-order valence-electron chi connectivity index (χ2n) is 2.38. The summed E-state index contributed by atoms with van der Waals surface area (Å²) in [5.74, 6) is 0.572. The molecule has 13 heavy (non-hydrogen) atoms. The third-order valence-corrected chi connectivity index (χ3v) is 2.58. The Morgan fingerprint density at radius 1 is 1.23 bits per heavy atom. The first-order chi connectivity index (χ1) is 6.25. The molecule has 2 aromatic rings. The standard InChI is InChI=1S/C8H4I2N2O/c9-6-3-1-2-5(4-6)7-11-8(10)12-13-7/h1-4H. The summed E-state index contributed by atoms with van der Waals surface area (Å²) in [4.78, 5) is 4.13. The molecule has 0 aliphatic rings. The second kappa shape index (κ2) is 3.91. The van der Waals surface area contributed by atoms with Crippen molar-refractivity contribution in [1.82, 2.24) is 10.1 Å².